The van der Waals surface area contributed by atoms with E-state index in [0.29, 0.717) is 0 Å². The summed E-state index contributed by atoms with van der Waals surface area (Å²) in [5, 5.41) is 18.1. The smallest absolute Gasteiger partial charge is 0.174 e. The second kappa shape index (κ2) is 4.52. The predicted octanol–water partition coefficient (Wildman–Crippen LogP) is 3.26. The normalized spacial score (nSPS) is 11.0. The summed E-state index contributed by atoms with van der Waals surface area (Å²) >= 11 is 0. The number of aromatic nitrogens is 3. The van der Waals surface area contributed by atoms with Crippen LogP contribution in [0.25, 0.3) is 32.9 Å². The Labute approximate surface area is 120 Å². The third-order valence-corrected chi connectivity index (χ3v) is 3.65. The van der Waals surface area contributed by atoms with E-state index in [1.54, 1.807) is 6.20 Å². The van der Waals surface area contributed by atoms with E-state index in [1.165, 1.54) is 0 Å². The average molecular weight is 272 g/mol. The summed E-state index contributed by atoms with van der Waals surface area (Å²) in [5.41, 5.74) is 4.12. The number of hydrogen-bond acceptors (Lipinski definition) is 3. The maximum Gasteiger partial charge on any atom is 0.174 e. The summed E-state index contributed by atoms with van der Waals surface area (Å²) in [4.78, 5) is 3.42. The van der Waals surface area contributed by atoms with Crippen LogP contribution < -0.4 is 5.49 Å². The number of para-hydroxylation sites is 1. The van der Waals surface area contributed by atoms with E-state index in [1.807, 2.05) is 36.4 Å². The van der Waals surface area contributed by atoms with Crippen LogP contribution in [0, 0.1) is 5.41 Å². The topological polar surface area (TPSA) is 65.4 Å². The number of hydrogen-bond donors (Lipinski definition) is 2. The summed E-state index contributed by atoms with van der Waals surface area (Å²) in [6, 6.07) is 18.0. The van der Waals surface area contributed by atoms with E-state index in [4.69, 9.17) is 5.41 Å². The second-order valence-electron chi connectivity index (χ2n) is 4.88. The molecule has 2 aromatic carbocycles. The van der Waals surface area contributed by atoms with E-state index in [-0.39, 0.29) is 5.49 Å². The van der Waals surface area contributed by atoms with Crippen molar-refractivity contribution in [1.82, 2.24) is 15.2 Å². The third-order valence-electron chi connectivity index (χ3n) is 3.65. The first kappa shape index (κ1) is 11.8. The summed E-state index contributed by atoms with van der Waals surface area (Å²) in [7, 11) is 0. The fourth-order valence-electron chi connectivity index (χ4n) is 2.75. The highest BCUT2D eigenvalue weighted by Crippen LogP contribution is 2.32. The number of nitrogens with one attached hydrogen (secondary N) is 2. The van der Waals surface area contributed by atoms with E-state index >= 15 is 0 Å². The van der Waals surface area contributed by atoms with Crippen LogP contribution in [-0.4, -0.2) is 15.2 Å². The van der Waals surface area contributed by atoms with Crippen LogP contribution in [0.2, 0.25) is 0 Å². The molecule has 0 radical (unpaired) electrons. The van der Waals surface area contributed by atoms with E-state index < -0.39 is 0 Å². The van der Waals surface area contributed by atoms with Gasteiger partial charge in [-0.15, -0.1) is 5.10 Å². The fourth-order valence-corrected chi connectivity index (χ4v) is 2.75. The van der Waals surface area contributed by atoms with Crippen LogP contribution in [0.4, 0.5) is 0 Å². The highest BCUT2D eigenvalue weighted by molar-refractivity contribution is 6.13. The van der Waals surface area contributed by atoms with Gasteiger partial charge >= 0.3 is 0 Å². The lowest BCUT2D eigenvalue weighted by Crippen LogP contribution is -2.06. The zero-order chi connectivity index (χ0) is 14.2. The molecule has 0 spiro atoms. The van der Waals surface area contributed by atoms with Crippen molar-refractivity contribution in [1.29, 1.82) is 5.41 Å². The van der Waals surface area contributed by atoms with Crippen molar-refractivity contribution in [2.45, 2.75) is 0 Å². The summed E-state index contributed by atoms with van der Waals surface area (Å²) in [6.45, 7) is 0. The van der Waals surface area contributed by atoms with Gasteiger partial charge in [0, 0.05) is 33.6 Å². The molecule has 2 heterocycles. The minimum Gasteiger partial charge on any atom is -0.354 e. The summed E-state index contributed by atoms with van der Waals surface area (Å²) in [5.74, 6) is 0. The van der Waals surface area contributed by atoms with Crippen molar-refractivity contribution in [3.05, 3.63) is 66.3 Å². The van der Waals surface area contributed by atoms with Gasteiger partial charge in [-0.05, 0) is 29.8 Å². The van der Waals surface area contributed by atoms with Gasteiger partial charge in [0.1, 0.15) is 0 Å². The Hall–Kier alpha value is -3.01. The lowest BCUT2D eigenvalue weighted by Gasteiger charge is -2.02. The Morgan fingerprint density at radius 1 is 0.810 bits per heavy atom. The molecule has 4 nitrogen and oxygen atoms in total. The van der Waals surface area contributed by atoms with Gasteiger partial charge in [-0.3, -0.25) is 5.41 Å². The quantitative estimate of drug-likeness (QED) is 0.558. The van der Waals surface area contributed by atoms with Gasteiger partial charge in [-0.1, -0.05) is 30.3 Å². The minimum atomic E-state index is 0.179. The zero-order valence-electron chi connectivity index (χ0n) is 11.2. The van der Waals surface area contributed by atoms with Crippen LogP contribution in [0.15, 0.2) is 60.8 Å². The molecule has 0 unspecified atom stereocenters. The van der Waals surface area contributed by atoms with Crippen molar-refractivity contribution < 1.29 is 0 Å². The molecule has 2 aromatic heterocycles. The Balaban J connectivity index is 2.19. The van der Waals surface area contributed by atoms with Crippen molar-refractivity contribution in [2.24, 2.45) is 0 Å². The molecule has 100 valence electrons. The Bertz CT molecular complexity index is 1020. The summed E-state index contributed by atoms with van der Waals surface area (Å²) in [6.07, 6.45) is 1.59. The molecule has 0 bridgehead atoms. The van der Waals surface area contributed by atoms with Crippen molar-refractivity contribution in [3.63, 3.8) is 0 Å². The molecule has 0 atom stereocenters. The second-order valence-corrected chi connectivity index (χ2v) is 4.88. The maximum atomic E-state index is 8.08. The van der Waals surface area contributed by atoms with Crippen LogP contribution in [0.1, 0.15) is 0 Å². The van der Waals surface area contributed by atoms with Crippen LogP contribution in [0.3, 0.4) is 0 Å². The monoisotopic (exact) mass is 272 g/mol. The van der Waals surface area contributed by atoms with Gasteiger partial charge in [0.2, 0.25) is 0 Å². The number of rotatable bonds is 1. The molecule has 0 aliphatic rings. The molecule has 0 amide bonds. The molecule has 0 saturated carbocycles. The van der Waals surface area contributed by atoms with Gasteiger partial charge in [0.15, 0.2) is 5.49 Å². The fraction of sp³-hybridized carbons (Fsp3) is 0. The molecular weight excluding hydrogens is 260 g/mol. The molecule has 2 N–H and O–H groups in total. The highest BCUT2D eigenvalue weighted by Gasteiger charge is 2.10. The molecule has 4 rings (SSSR count). The number of aromatic amines is 1. The lowest BCUT2D eigenvalue weighted by atomic mass is 10.0. The molecule has 0 fully saturated rings. The molecular formula is C17H12N4. The van der Waals surface area contributed by atoms with Crippen molar-refractivity contribution in [3.8, 4) is 11.1 Å². The van der Waals surface area contributed by atoms with E-state index in [0.717, 1.165) is 32.9 Å². The molecule has 4 aromatic rings. The van der Waals surface area contributed by atoms with Gasteiger partial charge in [-0.2, -0.15) is 5.10 Å². The summed E-state index contributed by atoms with van der Waals surface area (Å²) < 4.78 is 0. The van der Waals surface area contributed by atoms with E-state index in [9.17, 15) is 0 Å². The van der Waals surface area contributed by atoms with Crippen molar-refractivity contribution >= 4 is 21.8 Å². The van der Waals surface area contributed by atoms with Gasteiger partial charge in [-0.25, -0.2) is 0 Å². The van der Waals surface area contributed by atoms with Crippen LogP contribution >= 0.6 is 0 Å². The third kappa shape index (κ3) is 1.80. The highest BCUT2D eigenvalue weighted by atomic mass is 15.1. The SMILES string of the molecule is N=c1nncccc1-c1cccc2[nH]c3ccccc3c12. The number of benzene rings is 2. The maximum absolute atomic E-state index is 8.08. The first-order chi connectivity index (χ1) is 10.3. The molecule has 21 heavy (non-hydrogen) atoms. The molecule has 4 heteroatoms. The minimum absolute atomic E-state index is 0.179. The van der Waals surface area contributed by atoms with Crippen molar-refractivity contribution in [2.75, 3.05) is 0 Å². The number of nitrogens with zero attached hydrogens (tertiary/aromatic N) is 2. The van der Waals surface area contributed by atoms with Gasteiger partial charge < -0.3 is 4.98 Å². The van der Waals surface area contributed by atoms with Crippen LogP contribution in [-0.2, 0) is 0 Å². The largest absolute Gasteiger partial charge is 0.354 e. The Kier molecular flexibility index (Phi) is 2.54. The first-order valence-corrected chi connectivity index (χ1v) is 6.71. The number of fused-ring (bicyclic) bond motifs is 3. The van der Waals surface area contributed by atoms with Gasteiger partial charge in [0.25, 0.3) is 0 Å². The number of H-pyrrole nitrogens is 1. The molecule has 0 aliphatic carbocycles. The van der Waals surface area contributed by atoms with Crippen LogP contribution in [0.5, 0.6) is 0 Å². The molecule has 0 saturated heterocycles. The lowest BCUT2D eigenvalue weighted by molar-refractivity contribution is 0.961. The Morgan fingerprint density at radius 3 is 2.57 bits per heavy atom. The van der Waals surface area contributed by atoms with E-state index in [2.05, 4.69) is 33.4 Å². The average Bonchev–Trinajstić information content (AvgIpc) is 2.76. The molecule has 0 aliphatic heterocycles. The first-order valence-electron chi connectivity index (χ1n) is 6.71. The standard InChI is InChI=1S/C17H12N4/c18-17-12(7-4-10-19-21-17)11-6-3-9-15-16(11)13-5-1-2-8-14(13)20-15/h1-10,18,20H. The van der Waals surface area contributed by atoms with Gasteiger partial charge in [0.05, 0.1) is 0 Å². The zero-order valence-corrected chi connectivity index (χ0v) is 11.2. The Morgan fingerprint density at radius 2 is 1.62 bits per heavy atom. The predicted molar refractivity (Wildman–Crippen MR) is 82.7 cm³/mol.